The van der Waals surface area contributed by atoms with Crippen molar-refractivity contribution >= 4 is 39.3 Å². The lowest BCUT2D eigenvalue weighted by atomic mass is 10.1. The van der Waals surface area contributed by atoms with Crippen LogP contribution in [0.4, 0.5) is 0 Å². The first-order valence-corrected chi connectivity index (χ1v) is 6.39. The number of rotatable bonds is 2. The molecule has 0 aliphatic heterocycles. The van der Waals surface area contributed by atoms with Crippen LogP contribution >= 0.6 is 23.2 Å². The van der Waals surface area contributed by atoms with Gasteiger partial charge in [-0.2, -0.15) is 0 Å². The SMILES string of the molecule is O=S=C(c1ccc(Cl)cc1)c1ccc(Cl)cc1. The van der Waals surface area contributed by atoms with Gasteiger partial charge in [0.05, 0.1) is 16.1 Å². The molecule has 0 aliphatic rings. The van der Waals surface area contributed by atoms with E-state index in [4.69, 9.17) is 23.2 Å². The van der Waals surface area contributed by atoms with Crippen LogP contribution in [0, 0.1) is 0 Å². The van der Waals surface area contributed by atoms with Gasteiger partial charge in [-0.25, -0.2) is 4.21 Å². The number of hydrogen-bond acceptors (Lipinski definition) is 1. The van der Waals surface area contributed by atoms with Crippen molar-refractivity contribution in [2.45, 2.75) is 0 Å². The summed E-state index contributed by atoms with van der Waals surface area (Å²) in [6, 6.07) is 14.4. The van der Waals surface area contributed by atoms with Crippen LogP contribution in [0.5, 0.6) is 0 Å². The summed E-state index contributed by atoms with van der Waals surface area (Å²) in [5, 5.41) is 1.31. The van der Waals surface area contributed by atoms with Crippen LogP contribution in [-0.4, -0.2) is 9.07 Å². The second kappa shape index (κ2) is 5.50. The van der Waals surface area contributed by atoms with Crippen molar-refractivity contribution in [3.05, 3.63) is 69.7 Å². The second-order valence-corrected chi connectivity index (χ2v) is 4.87. The van der Waals surface area contributed by atoms with Crippen LogP contribution in [-0.2, 0) is 11.3 Å². The van der Waals surface area contributed by atoms with E-state index in [1.165, 1.54) is 0 Å². The summed E-state index contributed by atoms with van der Waals surface area (Å²) in [6.07, 6.45) is 0. The van der Waals surface area contributed by atoms with E-state index in [2.05, 4.69) is 0 Å². The predicted octanol–water partition coefficient (Wildman–Crippen LogP) is 3.78. The topological polar surface area (TPSA) is 17.1 Å². The highest BCUT2D eigenvalue weighted by Crippen LogP contribution is 2.16. The van der Waals surface area contributed by atoms with Gasteiger partial charge in [-0.1, -0.05) is 47.5 Å². The third-order valence-electron chi connectivity index (χ3n) is 2.30. The molecule has 2 aromatic carbocycles. The maximum Gasteiger partial charge on any atom is 0.0978 e. The molecule has 2 rings (SSSR count). The minimum atomic E-state index is 0.468. The third kappa shape index (κ3) is 2.97. The largest absolute Gasteiger partial charge is 0.212 e. The Morgan fingerprint density at radius 2 is 1.12 bits per heavy atom. The van der Waals surface area contributed by atoms with Crippen LogP contribution < -0.4 is 0 Å². The van der Waals surface area contributed by atoms with Gasteiger partial charge in [-0.15, -0.1) is 0 Å². The van der Waals surface area contributed by atoms with Crippen molar-refractivity contribution in [3.63, 3.8) is 0 Å². The summed E-state index contributed by atoms with van der Waals surface area (Å²) in [5.41, 5.74) is 1.72. The van der Waals surface area contributed by atoms with Gasteiger partial charge < -0.3 is 0 Å². The molecule has 0 bridgehead atoms. The van der Waals surface area contributed by atoms with Crippen molar-refractivity contribution in [2.75, 3.05) is 0 Å². The van der Waals surface area contributed by atoms with E-state index in [0.717, 1.165) is 11.1 Å². The first kappa shape index (κ1) is 12.4. The zero-order chi connectivity index (χ0) is 12.3. The van der Waals surface area contributed by atoms with E-state index in [9.17, 15) is 4.21 Å². The zero-order valence-electron chi connectivity index (χ0n) is 8.69. The summed E-state index contributed by atoms with van der Waals surface area (Å²) in [6.45, 7) is 0. The van der Waals surface area contributed by atoms with Gasteiger partial charge in [-0.3, -0.25) is 0 Å². The average Bonchev–Trinajstić information content (AvgIpc) is 2.35. The van der Waals surface area contributed by atoms with Gasteiger partial charge in [-0.05, 0) is 35.4 Å². The molecule has 0 saturated carbocycles. The first-order valence-electron chi connectivity index (χ1n) is 4.89. The van der Waals surface area contributed by atoms with Crippen LogP contribution in [0.1, 0.15) is 11.1 Å². The molecule has 0 fully saturated rings. The first-order chi connectivity index (χ1) is 8.20. The summed E-state index contributed by atoms with van der Waals surface area (Å²) in [7, 11) is 0. The van der Waals surface area contributed by atoms with Crippen molar-refractivity contribution in [3.8, 4) is 0 Å². The molecule has 17 heavy (non-hydrogen) atoms. The van der Waals surface area contributed by atoms with Gasteiger partial charge in [0.2, 0.25) is 0 Å². The molecule has 0 aromatic heterocycles. The third-order valence-corrected chi connectivity index (χ3v) is 3.44. The van der Waals surface area contributed by atoms with Crippen LogP contribution in [0.3, 0.4) is 0 Å². The van der Waals surface area contributed by atoms with Crippen molar-refractivity contribution in [1.29, 1.82) is 0 Å². The summed E-state index contributed by atoms with van der Waals surface area (Å²) >= 11 is 12.1. The Morgan fingerprint density at radius 3 is 1.41 bits per heavy atom. The smallest absolute Gasteiger partial charge is 0.0978 e. The Morgan fingerprint density at radius 1 is 0.765 bits per heavy atom. The highest BCUT2D eigenvalue weighted by atomic mass is 35.5. The molecule has 1 nitrogen and oxygen atoms in total. The molecule has 86 valence electrons. The second-order valence-electron chi connectivity index (χ2n) is 3.43. The van der Waals surface area contributed by atoms with E-state index < -0.39 is 0 Å². The predicted molar refractivity (Wildman–Crippen MR) is 74.3 cm³/mol. The van der Waals surface area contributed by atoms with E-state index >= 15 is 0 Å². The van der Waals surface area contributed by atoms with E-state index in [0.29, 0.717) is 26.2 Å². The number of benzene rings is 2. The molecule has 0 spiro atoms. The molecule has 0 unspecified atom stereocenters. The molecule has 0 saturated heterocycles. The Labute approximate surface area is 113 Å². The van der Waals surface area contributed by atoms with Gasteiger partial charge in [0, 0.05) is 10.0 Å². The zero-order valence-corrected chi connectivity index (χ0v) is 11.0. The van der Waals surface area contributed by atoms with Crippen LogP contribution in [0.2, 0.25) is 10.0 Å². The van der Waals surface area contributed by atoms with E-state index in [-0.39, 0.29) is 0 Å². The van der Waals surface area contributed by atoms with Crippen LogP contribution in [0.15, 0.2) is 48.5 Å². The summed E-state index contributed by atoms with van der Waals surface area (Å²) in [5.74, 6) is 0. The summed E-state index contributed by atoms with van der Waals surface area (Å²) < 4.78 is 11.2. The van der Waals surface area contributed by atoms with Gasteiger partial charge in [0.15, 0.2) is 0 Å². The van der Waals surface area contributed by atoms with Crippen molar-refractivity contribution in [1.82, 2.24) is 0 Å². The van der Waals surface area contributed by atoms with E-state index in [1.54, 1.807) is 24.3 Å². The Hall–Kier alpha value is -1.09. The molecule has 0 radical (unpaired) electrons. The minimum Gasteiger partial charge on any atom is -0.212 e. The maximum atomic E-state index is 11.2. The van der Waals surface area contributed by atoms with Gasteiger partial charge in [0.1, 0.15) is 0 Å². The van der Waals surface area contributed by atoms with Crippen molar-refractivity contribution in [2.24, 2.45) is 0 Å². The fourth-order valence-electron chi connectivity index (χ4n) is 1.47. The molecular formula is C13H8Cl2OS. The Kier molecular flexibility index (Phi) is 4.00. The summed E-state index contributed by atoms with van der Waals surface area (Å²) in [4.78, 5) is 0.665. The standard InChI is InChI=1S/C13H8Cl2OS/c14-11-5-1-9(2-6-11)13(17-16)10-3-7-12(15)8-4-10/h1-8H. The average molecular weight is 283 g/mol. The molecule has 2 aromatic rings. The maximum absolute atomic E-state index is 11.2. The normalized spacial score (nSPS) is 10.0. The number of hydrogen-bond donors (Lipinski definition) is 0. The molecular weight excluding hydrogens is 275 g/mol. The lowest BCUT2D eigenvalue weighted by Crippen LogP contribution is -2.02. The molecule has 4 heteroatoms. The quantitative estimate of drug-likeness (QED) is 0.605. The van der Waals surface area contributed by atoms with Gasteiger partial charge >= 0.3 is 0 Å². The fourth-order valence-corrected chi connectivity index (χ4v) is 2.18. The van der Waals surface area contributed by atoms with E-state index in [1.807, 2.05) is 24.3 Å². The molecule has 0 amide bonds. The van der Waals surface area contributed by atoms with Gasteiger partial charge in [0.25, 0.3) is 0 Å². The number of halogens is 2. The molecule has 0 heterocycles. The lowest BCUT2D eigenvalue weighted by molar-refractivity contribution is 0.701. The highest BCUT2D eigenvalue weighted by Gasteiger charge is 2.06. The minimum absolute atomic E-state index is 0.468. The highest BCUT2D eigenvalue weighted by molar-refractivity contribution is 7.67. The lowest BCUT2D eigenvalue weighted by Gasteiger charge is -2.04. The van der Waals surface area contributed by atoms with Crippen LogP contribution in [0.25, 0.3) is 0 Å². The molecule has 0 aliphatic carbocycles. The fraction of sp³-hybridized carbons (Fsp3) is 0. The Balaban J connectivity index is 2.44. The van der Waals surface area contributed by atoms with Crippen molar-refractivity contribution < 1.29 is 4.21 Å². The Bertz CT molecular complexity index is 522. The molecule has 0 N–H and O–H groups in total. The molecule has 0 atom stereocenters. The monoisotopic (exact) mass is 282 g/mol.